The maximum Gasteiger partial charge on any atom is 0.337 e. The van der Waals surface area contributed by atoms with Gasteiger partial charge in [-0.1, -0.05) is 25.7 Å². The molecule has 1 fully saturated rings. The number of amides is 2. The maximum atomic E-state index is 12.0. The SMILES string of the molecule is COC(=O)c1ccc(NC(=O)C(=O)NC2CCCCCC2)cc1. The molecule has 1 aromatic rings. The third kappa shape index (κ3) is 5.09. The topological polar surface area (TPSA) is 84.5 Å². The van der Waals surface area contributed by atoms with Gasteiger partial charge >= 0.3 is 17.8 Å². The lowest BCUT2D eigenvalue weighted by molar-refractivity contribution is -0.136. The second kappa shape index (κ2) is 8.31. The van der Waals surface area contributed by atoms with Gasteiger partial charge in [0.15, 0.2) is 0 Å². The van der Waals surface area contributed by atoms with E-state index in [1.54, 1.807) is 12.1 Å². The largest absolute Gasteiger partial charge is 0.465 e. The predicted octanol–water partition coefficient (Wildman–Crippen LogP) is 2.25. The van der Waals surface area contributed by atoms with Crippen LogP contribution >= 0.6 is 0 Å². The molecule has 2 N–H and O–H groups in total. The summed E-state index contributed by atoms with van der Waals surface area (Å²) in [4.78, 5) is 35.2. The molecule has 0 aliphatic heterocycles. The van der Waals surface area contributed by atoms with Gasteiger partial charge in [0.05, 0.1) is 12.7 Å². The zero-order valence-corrected chi connectivity index (χ0v) is 13.3. The molecule has 124 valence electrons. The molecule has 0 heterocycles. The van der Waals surface area contributed by atoms with Crippen LogP contribution in [0.3, 0.4) is 0 Å². The first kappa shape index (κ1) is 17.0. The second-order valence-electron chi connectivity index (χ2n) is 5.69. The number of esters is 1. The van der Waals surface area contributed by atoms with Gasteiger partial charge in [0.1, 0.15) is 0 Å². The molecule has 23 heavy (non-hydrogen) atoms. The summed E-state index contributed by atoms with van der Waals surface area (Å²) in [6.07, 6.45) is 6.39. The molecular formula is C17H22N2O4. The van der Waals surface area contributed by atoms with Gasteiger partial charge in [-0.2, -0.15) is 0 Å². The Labute approximate surface area is 135 Å². The van der Waals surface area contributed by atoms with Gasteiger partial charge in [-0.15, -0.1) is 0 Å². The van der Waals surface area contributed by atoms with Crippen LogP contribution in [-0.4, -0.2) is 30.9 Å². The number of hydrogen-bond acceptors (Lipinski definition) is 4. The van der Waals surface area contributed by atoms with Crippen LogP contribution in [0.5, 0.6) is 0 Å². The summed E-state index contributed by atoms with van der Waals surface area (Å²) in [7, 11) is 1.30. The number of anilines is 1. The van der Waals surface area contributed by atoms with Gasteiger partial charge < -0.3 is 15.4 Å². The van der Waals surface area contributed by atoms with Crippen molar-refractivity contribution in [1.82, 2.24) is 5.32 Å². The average molecular weight is 318 g/mol. The van der Waals surface area contributed by atoms with Crippen molar-refractivity contribution in [3.63, 3.8) is 0 Å². The number of nitrogens with one attached hydrogen (secondary N) is 2. The number of hydrogen-bond donors (Lipinski definition) is 2. The zero-order chi connectivity index (χ0) is 16.7. The molecule has 0 radical (unpaired) electrons. The van der Waals surface area contributed by atoms with E-state index in [1.165, 1.54) is 32.1 Å². The van der Waals surface area contributed by atoms with Crippen molar-refractivity contribution in [2.45, 2.75) is 44.6 Å². The van der Waals surface area contributed by atoms with Crippen LogP contribution in [0, 0.1) is 0 Å². The number of carbonyl (C=O) groups excluding carboxylic acids is 3. The fourth-order valence-corrected chi connectivity index (χ4v) is 2.67. The van der Waals surface area contributed by atoms with E-state index in [2.05, 4.69) is 15.4 Å². The molecule has 0 aromatic heterocycles. The molecule has 2 amide bonds. The number of benzene rings is 1. The van der Waals surface area contributed by atoms with Gasteiger partial charge in [-0.3, -0.25) is 9.59 Å². The summed E-state index contributed by atoms with van der Waals surface area (Å²) < 4.78 is 4.60. The third-order valence-electron chi connectivity index (χ3n) is 3.96. The fraction of sp³-hybridized carbons (Fsp3) is 0.471. The van der Waals surface area contributed by atoms with Crippen molar-refractivity contribution in [2.75, 3.05) is 12.4 Å². The van der Waals surface area contributed by atoms with Crippen molar-refractivity contribution < 1.29 is 19.1 Å². The summed E-state index contributed by atoms with van der Waals surface area (Å²) in [5.74, 6) is -1.76. The highest BCUT2D eigenvalue weighted by molar-refractivity contribution is 6.39. The normalized spacial score (nSPS) is 15.3. The predicted molar refractivity (Wildman–Crippen MR) is 86.0 cm³/mol. The summed E-state index contributed by atoms with van der Waals surface area (Å²) in [6.45, 7) is 0. The Morgan fingerprint density at radius 1 is 0.957 bits per heavy atom. The fourth-order valence-electron chi connectivity index (χ4n) is 2.67. The molecule has 1 aliphatic carbocycles. The van der Waals surface area contributed by atoms with Gasteiger partial charge in [-0.25, -0.2) is 4.79 Å². The molecule has 0 saturated heterocycles. The summed E-state index contributed by atoms with van der Waals surface area (Å²) in [6, 6.07) is 6.26. The average Bonchev–Trinajstić information content (AvgIpc) is 2.83. The van der Waals surface area contributed by atoms with Crippen molar-refractivity contribution in [2.24, 2.45) is 0 Å². The van der Waals surface area contributed by atoms with E-state index >= 15 is 0 Å². The van der Waals surface area contributed by atoms with E-state index < -0.39 is 17.8 Å². The van der Waals surface area contributed by atoms with Crippen LogP contribution in [0.2, 0.25) is 0 Å². The Kier molecular flexibility index (Phi) is 6.14. The second-order valence-corrected chi connectivity index (χ2v) is 5.69. The van der Waals surface area contributed by atoms with E-state index in [1.807, 2.05) is 0 Å². The van der Waals surface area contributed by atoms with Crippen LogP contribution < -0.4 is 10.6 Å². The Balaban J connectivity index is 1.87. The minimum atomic E-state index is -0.694. The minimum Gasteiger partial charge on any atom is -0.465 e. The zero-order valence-electron chi connectivity index (χ0n) is 13.3. The Morgan fingerprint density at radius 2 is 1.57 bits per heavy atom. The van der Waals surface area contributed by atoms with Crippen LogP contribution in [0.25, 0.3) is 0 Å². The van der Waals surface area contributed by atoms with Gasteiger partial charge in [0, 0.05) is 11.7 Å². The molecule has 0 atom stereocenters. The van der Waals surface area contributed by atoms with Gasteiger partial charge in [0.25, 0.3) is 0 Å². The van der Waals surface area contributed by atoms with E-state index in [-0.39, 0.29) is 6.04 Å². The highest BCUT2D eigenvalue weighted by Gasteiger charge is 2.19. The van der Waals surface area contributed by atoms with Gasteiger partial charge in [0.2, 0.25) is 0 Å². The van der Waals surface area contributed by atoms with Crippen LogP contribution in [0.1, 0.15) is 48.9 Å². The van der Waals surface area contributed by atoms with E-state index in [4.69, 9.17) is 0 Å². The monoisotopic (exact) mass is 318 g/mol. The highest BCUT2D eigenvalue weighted by Crippen LogP contribution is 2.17. The number of carbonyl (C=O) groups is 3. The Hall–Kier alpha value is -2.37. The Morgan fingerprint density at radius 3 is 2.13 bits per heavy atom. The maximum absolute atomic E-state index is 12.0. The first-order valence-corrected chi connectivity index (χ1v) is 7.90. The smallest absolute Gasteiger partial charge is 0.337 e. The molecule has 1 aliphatic rings. The highest BCUT2D eigenvalue weighted by atomic mass is 16.5. The first-order valence-electron chi connectivity index (χ1n) is 7.90. The lowest BCUT2D eigenvalue weighted by Crippen LogP contribution is -2.41. The quantitative estimate of drug-likeness (QED) is 0.508. The number of methoxy groups -OCH3 is 1. The summed E-state index contributed by atoms with van der Waals surface area (Å²) in [5.41, 5.74) is 0.840. The molecular weight excluding hydrogens is 296 g/mol. The molecule has 1 aromatic carbocycles. The number of ether oxygens (including phenoxy) is 1. The molecule has 0 spiro atoms. The Bertz CT molecular complexity index is 560. The molecule has 0 bridgehead atoms. The minimum absolute atomic E-state index is 0.0810. The van der Waals surface area contributed by atoms with E-state index in [0.717, 1.165) is 25.7 Å². The third-order valence-corrected chi connectivity index (χ3v) is 3.96. The van der Waals surface area contributed by atoms with Crippen LogP contribution in [-0.2, 0) is 14.3 Å². The molecule has 6 nitrogen and oxygen atoms in total. The van der Waals surface area contributed by atoms with Crippen molar-refractivity contribution in [3.8, 4) is 0 Å². The summed E-state index contributed by atoms with van der Waals surface area (Å²) >= 11 is 0. The molecule has 1 saturated carbocycles. The van der Waals surface area contributed by atoms with Crippen LogP contribution in [0.15, 0.2) is 24.3 Å². The molecule has 2 rings (SSSR count). The van der Waals surface area contributed by atoms with Crippen molar-refractivity contribution >= 4 is 23.5 Å². The van der Waals surface area contributed by atoms with Crippen molar-refractivity contribution in [1.29, 1.82) is 0 Å². The first-order chi connectivity index (χ1) is 11.1. The molecule has 6 heteroatoms. The summed E-state index contributed by atoms with van der Waals surface area (Å²) in [5, 5.41) is 5.32. The molecule has 0 unspecified atom stereocenters. The lowest BCUT2D eigenvalue weighted by Gasteiger charge is -2.15. The standard InChI is InChI=1S/C17H22N2O4/c1-23-17(22)12-8-10-14(11-9-12)19-16(21)15(20)18-13-6-4-2-3-5-7-13/h8-11,13H,2-7H2,1H3,(H,18,20)(H,19,21). The lowest BCUT2D eigenvalue weighted by atomic mass is 10.1. The van der Waals surface area contributed by atoms with Gasteiger partial charge in [-0.05, 0) is 37.1 Å². The van der Waals surface area contributed by atoms with Crippen molar-refractivity contribution in [3.05, 3.63) is 29.8 Å². The number of rotatable bonds is 3. The van der Waals surface area contributed by atoms with E-state index in [0.29, 0.717) is 11.3 Å². The van der Waals surface area contributed by atoms with Crippen LogP contribution in [0.4, 0.5) is 5.69 Å². The van der Waals surface area contributed by atoms with E-state index in [9.17, 15) is 14.4 Å².